The van der Waals surface area contributed by atoms with E-state index in [0.29, 0.717) is 12.4 Å². The highest BCUT2D eigenvalue weighted by Gasteiger charge is 2.27. The van der Waals surface area contributed by atoms with E-state index >= 15 is 0 Å². The molecule has 1 aromatic rings. The molecule has 17 heavy (non-hydrogen) atoms. The first-order valence-corrected chi connectivity index (χ1v) is 7.56. The molecule has 1 heterocycles. The van der Waals surface area contributed by atoms with Gasteiger partial charge in [-0.2, -0.15) is 0 Å². The Morgan fingerprint density at radius 3 is 2.88 bits per heavy atom. The van der Waals surface area contributed by atoms with Crippen molar-refractivity contribution in [2.45, 2.75) is 36.6 Å². The highest BCUT2D eigenvalue weighted by Crippen LogP contribution is 2.29. The molecule has 0 amide bonds. The number of H-pyrrole nitrogens is 1. The van der Waals surface area contributed by atoms with Gasteiger partial charge in [-0.25, -0.2) is 18.1 Å². The maximum absolute atomic E-state index is 11.9. The highest BCUT2D eigenvalue weighted by atomic mass is 35.5. The molecule has 1 saturated carbocycles. The Kier molecular flexibility index (Phi) is 3.75. The van der Waals surface area contributed by atoms with Gasteiger partial charge in [0.05, 0.1) is 6.20 Å². The van der Waals surface area contributed by atoms with E-state index in [2.05, 4.69) is 14.7 Å². The average molecular weight is 278 g/mol. The summed E-state index contributed by atoms with van der Waals surface area (Å²) >= 11 is 6.10. The van der Waals surface area contributed by atoms with Crippen molar-refractivity contribution in [2.75, 3.05) is 6.54 Å². The van der Waals surface area contributed by atoms with E-state index in [9.17, 15) is 8.42 Å². The van der Waals surface area contributed by atoms with Crippen LogP contribution >= 0.6 is 11.6 Å². The number of aromatic nitrogens is 2. The van der Waals surface area contributed by atoms with Crippen molar-refractivity contribution in [3.8, 4) is 0 Å². The lowest BCUT2D eigenvalue weighted by atomic mass is 10.1. The summed E-state index contributed by atoms with van der Waals surface area (Å²) in [6.07, 6.45) is 4.35. The first-order chi connectivity index (χ1) is 7.99. The molecule has 2 atom stereocenters. The number of hydrogen-bond acceptors (Lipinski definition) is 3. The van der Waals surface area contributed by atoms with Crippen LogP contribution in [0.3, 0.4) is 0 Å². The molecule has 2 rings (SSSR count). The van der Waals surface area contributed by atoms with Crippen LogP contribution < -0.4 is 4.72 Å². The summed E-state index contributed by atoms with van der Waals surface area (Å²) in [4.78, 5) is 6.59. The number of aryl methyl sites for hydroxylation is 1. The van der Waals surface area contributed by atoms with Gasteiger partial charge in [-0.1, -0.05) is 6.42 Å². The second-order valence-electron chi connectivity index (χ2n) is 4.39. The number of aromatic amines is 1. The Balaban J connectivity index is 1.98. The summed E-state index contributed by atoms with van der Waals surface area (Å²) in [6.45, 7) is 2.11. The molecule has 7 heteroatoms. The summed E-state index contributed by atoms with van der Waals surface area (Å²) in [5.41, 5.74) is 0. The van der Waals surface area contributed by atoms with E-state index in [1.54, 1.807) is 6.92 Å². The summed E-state index contributed by atoms with van der Waals surface area (Å²) in [5, 5.41) is 0.195. The minimum Gasteiger partial charge on any atom is -0.332 e. The van der Waals surface area contributed by atoms with Gasteiger partial charge >= 0.3 is 0 Å². The predicted molar refractivity (Wildman–Crippen MR) is 65.5 cm³/mol. The van der Waals surface area contributed by atoms with E-state index in [1.807, 2.05) is 0 Å². The van der Waals surface area contributed by atoms with Crippen molar-refractivity contribution in [3.63, 3.8) is 0 Å². The van der Waals surface area contributed by atoms with Crippen LogP contribution in [-0.4, -0.2) is 30.3 Å². The van der Waals surface area contributed by atoms with E-state index < -0.39 is 10.0 Å². The first kappa shape index (κ1) is 12.9. The number of nitrogens with zero attached hydrogens (tertiary/aromatic N) is 1. The lowest BCUT2D eigenvalue weighted by Crippen LogP contribution is -2.31. The van der Waals surface area contributed by atoms with Gasteiger partial charge < -0.3 is 4.98 Å². The Labute approximate surface area is 106 Å². The van der Waals surface area contributed by atoms with Gasteiger partial charge in [0.2, 0.25) is 0 Å². The standard InChI is InChI=1S/C10H16ClN3O2S/c1-7-12-6-10(14-7)17(15,16)13-5-8-3-2-4-9(8)11/h6,8-9,13H,2-5H2,1H3,(H,12,14). The topological polar surface area (TPSA) is 74.8 Å². The Bertz CT molecular complexity index is 485. The fourth-order valence-electron chi connectivity index (χ4n) is 2.05. The molecule has 5 nitrogen and oxygen atoms in total. The number of alkyl halides is 1. The van der Waals surface area contributed by atoms with Crippen LogP contribution in [0.25, 0.3) is 0 Å². The fourth-order valence-corrected chi connectivity index (χ4v) is 3.48. The monoisotopic (exact) mass is 277 g/mol. The van der Waals surface area contributed by atoms with Gasteiger partial charge in [0.1, 0.15) is 5.82 Å². The molecule has 1 aliphatic rings. The average Bonchev–Trinajstić information content (AvgIpc) is 2.85. The third-order valence-electron chi connectivity index (χ3n) is 3.07. The summed E-state index contributed by atoms with van der Waals surface area (Å²) < 4.78 is 26.3. The number of hydrogen-bond donors (Lipinski definition) is 2. The lowest BCUT2D eigenvalue weighted by molar-refractivity contribution is 0.522. The molecule has 0 bridgehead atoms. The van der Waals surface area contributed by atoms with E-state index in [0.717, 1.165) is 19.3 Å². The van der Waals surface area contributed by atoms with Crippen molar-refractivity contribution in [1.29, 1.82) is 0 Å². The molecule has 0 saturated heterocycles. The normalized spacial score (nSPS) is 25.3. The zero-order valence-electron chi connectivity index (χ0n) is 9.61. The minimum absolute atomic E-state index is 0.0844. The predicted octanol–water partition coefficient (Wildman–Crippen LogP) is 1.40. The van der Waals surface area contributed by atoms with E-state index in [-0.39, 0.29) is 16.3 Å². The van der Waals surface area contributed by atoms with Gasteiger partial charge in [-0.15, -0.1) is 11.6 Å². The van der Waals surface area contributed by atoms with Crippen molar-refractivity contribution in [3.05, 3.63) is 12.0 Å². The molecular formula is C10H16ClN3O2S. The Morgan fingerprint density at radius 1 is 1.59 bits per heavy atom. The number of nitrogens with one attached hydrogen (secondary N) is 2. The van der Waals surface area contributed by atoms with Gasteiger partial charge in [0.25, 0.3) is 10.0 Å². The van der Waals surface area contributed by atoms with Crippen LogP contribution in [0.2, 0.25) is 0 Å². The molecule has 0 spiro atoms. The Morgan fingerprint density at radius 2 is 2.35 bits per heavy atom. The molecule has 0 radical (unpaired) electrons. The van der Waals surface area contributed by atoms with Crippen LogP contribution in [0.15, 0.2) is 11.2 Å². The van der Waals surface area contributed by atoms with Crippen molar-refractivity contribution in [2.24, 2.45) is 5.92 Å². The first-order valence-electron chi connectivity index (χ1n) is 5.64. The van der Waals surface area contributed by atoms with Gasteiger partial charge in [-0.3, -0.25) is 0 Å². The van der Waals surface area contributed by atoms with E-state index in [1.165, 1.54) is 6.20 Å². The second kappa shape index (κ2) is 4.96. The van der Waals surface area contributed by atoms with Crippen LogP contribution in [0.4, 0.5) is 0 Å². The highest BCUT2D eigenvalue weighted by molar-refractivity contribution is 7.89. The number of halogens is 1. The molecule has 1 fully saturated rings. The Hall–Kier alpha value is -0.590. The van der Waals surface area contributed by atoms with Crippen molar-refractivity contribution >= 4 is 21.6 Å². The number of rotatable bonds is 4. The third kappa shape index (κ3) is 3.00. The molecule has 1 aromatic heterocycles. The van der Waals surface area contributed by atoms with E-state index in [4.69, 9.17) is 11.6 Å². The second-order valence-corrected chi connectivity index (χ2v) is 6.69. The van der Waals surface area contributed by atoms with Crippen molar-refractivity contribution < 1.29 is 8.42 Å². The van der Waals surface area contributed by atoms with Crippen molar-refractivity contribution in [1.82, 2.24) is 14.7 Å². The van der Waals surface area contributed by atoms with Gasteiger partial charge in [-0.05, 0) is 25.7 Å². The molecule has 2 N–H and O–H groups in total. The van der Waals surface area contributed by atoms with Crippen LogP contribution in [0, 0.1) is 12.8 Å². The SMILES string of the molecule is Cc1ncc(S(=O)(=O)NCC2CCCC2Cl)[nH]1. The van der Waals surface area contributed by atoms with Crippen LogP contribution in [0.1, 0.15) is 25.1 Å². The largest absolute Gasteiger partial charge is 0.332 e. The molecule has 0 aliphatic heterocycles. The smallest absolute Gasteiger partial charge is 0.257 e. The number of sulfonamides is 1. The zero-order valence-corrected chi connectivity index (χ0v) is 11.2. The third-order valence-corrected chi connectivity index (χ3v) is 4.98. The van der Waals surface area contributed by atoms with Gasteiger partial charge in [0.15, 0.2) is 5.03 Å². The summed E-state index contributed by atoms with van der Waals surface area (Å²) in [7, 11) is -3.48. The van der Waals surface area contributed by atoms with Gasteiger partial charge in [0, 0.05) is 11.9 Å². The number of imidazole rings is 1. The lowest BCUT2D eigenvalue weighted by Gasteiger charge is -2.13. The molecule has 0 aromatic carbocycles. The quantitative estimate of drug-likeness (QED) is 0.817. The summed E-state index contributed by atoms with van der Waals surface area (Å²) in [5.74, 6) is 0.817. The van der Waals surface area contributed by atoms with Crippen LogP contribution in [-0.2, 0) is 10.0 Å². The summed E-state index contributed by atoms with van der Waals surface area (Å²) in [6, 6.07) is 0. The van der Waals surface area contributed by atoms with Crippen LogP contribution in [0.5, 0.6) is 0 Å². The molecule has 2 unspecified atom stereocenters. The minimum atomic E-state index is -3.48. The molecular weight excluding hydrogens is 262 g/mol. The zero-order chi connectivity index (χ0) is 12.5. The molecule has 96 valence electrons. The molecule has 1 aliphatic carbocycles. The maximum atomic E-state index is 11.9. The maximum Gasteiger partial charge on any atom is 0.257 e. The fraction of sp³-hybridized carbons (Fsp3) is 0.700.